The van der Waals surface area contributed by atoms with E-state index >= 15 is 0 Å². The Labute approximate surface area is 92.1 Å². The first-order valence-electron chi connectivity index (χ1n) is 4.74. The van der Waals surface area contributed by atoms with Crippen molar-refractivity contribution in [2.75, 3.05) is 0 Å². The van der Waals surface area contributed by atoms with Gasteiger partial charge in [-0.3, -0.25) is 4.94 Å². The minimum atomic E-state index is 0.152. The summed E-state index contributed by atoms with van der Waals surface area (Å²) in [5, 5.41) is 8.02. The zero-order valence-corrected chi connectivity index (χ0v) is 8.38. The summed E-state index contributed by atoms with van der Waals surface area (Å²) in [6, 6.07) is 15.6. The molecule has 0 unspecified atom stereocenters. The van der Waals surface area contributed by atoms with Crippen molar-refractivity contribution in [2.24, 2.45) is 10.2 Å². The third-order valence-corrected chi connectivity index (χ3v) is 1.96. The van der Waals surface area contributed by atoms with Crippen LogP contribution in [-0.2, 0) is 0 Å². The van der Waals surface area contributed by atoms with Gasteiger partial charge in [-0.05, 0) is 36.4 Å². The second-order valence-corrected chi connectivity index (χ2v) is 3.11. The van der Waals surface area contributed by atoms with Gasteiger partial charge in [-0.15, -0.1) is 0 Å². The second kappa shape index (κ2) is 5.02. The molecule has 0 N–H and O–H groups in total. The molecule has 0 spiro atoms. The number of hydrogen-bond acceptors (Lipinski definition) is 3. The van der Waals surface area contributed by atoms with Gasteiger partial charge in [0.05, 0.1) is 11.4 Å². The summed E-state index contributed by atoms with van der Waals surface area (Å²) in [7, 11) is 0. The Morgan fingerprint density at radius 2 is 1.31 bits per heavy atom. The Morgan fingerprint density at radius 1 is 0.750 bits per heavy atom. The van der Waals surface area contributed by atoms with Crippen molar-refractivity contribution in [1.29, 1.82) is 0 Å². The van der Waals surface area contributed by atoms with E-state index in [0.29, 0.717) is 5.69 Å². The molecule has 0 fully saturated rings. The highest BCUT2D eigenvalue weighted by Crippen LogP contribution is 2.20. The first-order chi connectivity index (χ1) is 7.88. The lowest BCUT2D eigenvalue weighted by Gasteiger charge is -1.94. The van der Waals surface area contributed by atoms with Gasteiger partial charge in [-0.1, -0.05) is 18.2 Å². The molecule has 0 aliphatic heterocycles. The smallest absolute Gasteiger partial charge is 0.172 e. The van der Waals surface area contributed by atoms with Crippen LogP contribution in [0.1, 0.15) is 0 Å². The van der Waals surface area contributed by atoms with Crippen LogP contribution in [0.5, 0.6) is 5.75 Å². The zero-order chi connectivity index (χ0) is 11.2. The van der Waals surface area contributed by atoms with E-state index in [2.05, 4.69) is 15.2 Å². The third-order valence-electron chi connectivity index (χ3n) is 1.96. The van der Waals surface area contributed by atoms with E-state index in [0.717, 1.165) is 5.69 Å². The van der Waals surface area contributed by atoms with Crippen LogP contribution in [0.25, 0.3) is 0 Å². The molecule has 0 aromatic heterocycles. The Bertz CT molecular complexity index is 468. The van der Waals surface area contributed by atoms with E-state index in [1.165, 1.54) is 12.1 Å². The van der Waals surface area contributed by atoms with E-state index in [9.17, 15) is 4.53 Å². The molecule has 3 nitrogen and oxygen atoms in total. The maximum Gasteiger partial charge on any atom is 0.172 e. The standard InChI is InChI=1S/C12H9FN2O/c13-16-12-8-6-11(7-9-12)15-14-10-4-2-1-3-5-10/h1-9H/b15-14+. The lowest BCUT2D eigenvalue weighted by Crippen LogP contribution is -1.73. The predicted octanol–water partition coefficient (Wildman–Crippen LogP) is 4.37. The first kappa shape index (κ1) is 10.3. The molecule has 2 rings (SSSR count). The van der Waals surface area contributed by atoms with Crippen molar-refractivity contribution < 1.29 is 9.47 Å². The summed E-state index contributed by atoms with van der Waals surface area (Å²) in [4.78, 5) is 3.56. The van der Waals surface area contributed by atoms with Crippen molar-refractivity contribution in [2.45, 2.75) is 0 Å². The number of rotatable bonds is 3. The Balaban J connectivity index is 2.12. The molecule has 0 amide bonds. The summed E-state index contributed by atoms with van der Waals surface area (Å²) in [5.41, 5.74) is 1.41. The van der Waals surface area contributed by atoms with Gasteiger partial charge in [-0.2, -0.15) is 10.2 Å². The van der Waals surface area contributed by atoms with Gasteiger partial charge in [0.1, 0.15) is 0 Å². The maximum absolute atomic E-state index is 11.8. The fourth-order valence-corrected chi connectivity index (χ4v) is 1.17. The van der Waals surface area contributed by atoms with Gasteiger partial charge in [0.2, 0.25) is 0 Å². The summed E-state index contributed by atoms with van der Waals surface area (Å²) < 4.78 is 11.8. The molecule has 0 aliphatic rings. The number of halogens is 1. The van der Waals surface area contributed by atoms with Crippen LogP contribution in [0.4, 0.5) is 15.9 Å². The van der Waals surface area contributed by atoms with E-state index in [1.54, 1.807) is 12.1 Å². The molecule has 0 atom stereocenters. The van der Waals surface area contributed by atoms with Crippen LogP contribution in [0, 0.1) is 0 Å². The number of benzene rings is 2. The average Bonchev–Trinajstić information content (AvgIpc) is 2.38. The van der Waals surface area contributed by atoms with Crippen LogP contribution < -0.4 is 4.94 Å². The van der Waals surface area contributed by atoms with Crippen molar-refractivity contribution in [3.8, 4) is 5.75 Å². The Kier molecular flexibility index (Phi) is 3.23. The maximum atomic E-state index is 11.8. The topological polar surface area (TPSA) is 34.0 Å². The van der Waals surface area contributed by atoms with Crippen molar-refractivity contribution >= 4 is 11.4 Å². The lowest BCUT2D eigenvalue weighted by molar-refractivity contribution is -0.00618. The lowest BCUT2D eigenvalue weighted by atomic mass is 10.3. The summed E-state index contributed by atoms with van der Waals surface area (Å²) >= 11 is 0. The van der Waals surface area contributed by atoms with Gasteiger partial charge >= 0.3 is 0 Å². The highest BCUT2D eigenvalue weighted by atomic mass is 19.3. The molecule has 16 heavy (non-hydrogen) atoms. The zero-order valence-electron chi connectivity index (χ0n) is 8.38. The fourth-order valence-electron chi connectivity index (χ4n) is 1.17. The van der Waals surface area contributed by atoms with Crippen LogP contribution in [0.3, 0.4) is 0 Å². The van der Waals surface area contributed by atoms with E-state index in [4.69, 9.17) is 0 Å². The number of nitrogens with zero attached hydrogens (tertiary/aromatic N) is 2. The van der Waals surface area contributed by atoms with Crippen molar-refractivity contribution in [3.05, 3.63) is 54.6 Å². The van der Waals surface area contributed by atoms with Crippen molar-refractivity contribution in [3.63, 3.8) is 0 Å². The van der Waals surface area contributed by atoms with E-state index in [-0.39, 0.29) is 5.75 Å². The molecule has 4 heteroatoms. The molecule has 2 aromatic carbocycles. The average molecular weight is 216 g/mol. The SMILES string of the molecule is FOc1ccc(/N=N/c2ccccc2)cc1. The molecule has 2 aromatic rings. The van der Waals surface area contributed by atoms with Crippen LogP contribution in [0.2, 0.25) is 0 Å². The highest BCUT2D eigenvalue weighted by Gasteiger charge is 1.93. The van der Waals surface area contributed by atoms with Gasteiger partial charge in [0.15, 0.2) is 5.75 Å². The molecule has 0 bridgehead atoms. The van der Waals surface area contributed by atoms with Crippen LogP contribution in [-0.4, -0.2) is 0 Å². The van der Waals surface area contributed by atoms with Crippen LogP contribution >= 0.6 is 0 Å². The molecule has 0 saturated carbocycles. The van der Waals surface area contributed by atoms with Crippen molar-refractivity contribution in [1.82, 2.24) is 0 Å². The Hall–Kier alpha value is -2.23. The van der Waals surface area contributed by atoms with E-state index in [1.807, 2.05) is 30.3 Å². The second-order valence-electron chi connectivity index (χ2n) is 3.11. The predicted molar refractivity (Wildman–Crippen MR) is 58.8 cm³/mol. The van der Waals surface area contributed by atoms with Gasteiger partial charge in [-0.25, -0.2) is 0 Å². The molecular weight excluding hydrogens is 207 g/mol. The van der Waals surface area contributed by atoms with Gasteiger partial charge < -0.3 is 0 Å². The van der Waals surface area contributed by atoms with E-state index < -0.39 is 0 Å². The monoisotopic (exact) mass is 216 g/mol. The number of hydrogen-bond donors (Lipinski definition) is 0. The summed E-state index contributed by atoms with van der Waals surface area (Å²) in [6.07, 6.45) is 0. The first-order valence-corrected chi connectivity index (χ1v) is 4.74. The normalized spacial score (nSPS) is 10.6. The third kappa shape index (κ3) is 2.63. The summed E-state index contributed by atoms with van der Waals surface area (Å²) in [5.74, 6) is 0.152. The molecule has 0 radical (unpaired) electrons. The molecule has 0 saturated heterocycles. The minimum Gasteiger partial charge on any atom is -0.294 e. The molecule has 0 aliphatic carbocycles. The fraction of sp³-hybridized carbons (Fsp3) is 0. The minimum absolute atomic E-state index is 0.152. The molecular formula is C12H9FN2O. The summed E-state index contributed by atoms with van der Waals surface area (Å²) in [6.45, 7) is 0. The quantitative estimate of drug-likeness (QED) is 0.701. The largest absolute Gasteiger partial charge is 0.294 e. The molecule has 0 heterocycles. The Morgan fingerprint density at radius 3 is 1.88 bits per heavy atom. The number of azo groups is 1. The molecule has 80 valence electrons. The van der Waals surface area contributed by atoms with Gasteiger partial charge in [0.25, 0.3) is 0 Å². The van der Waals surface area contributed by atoms with Gasteiger partial charge in [0, 0.05) is 4.53 Å². The highest BCUT2D eigenvalue weighted by molar-refractivity contribution is 5.42. The van der Waals surface area contributed by atoms with Crippen LogP contribution in [0.15, 0.2) is 64.8 Å².